The third-order valence-electron chi connectivity index (χ3n) is 4.38. The second-order valence-corrected chi connectivity index (χ2v) is 6.09. The lowest BCUT2D eigenvalue weighted by molar-refractivity contribution is -0.128. The molecule has 3 rings (SSSR count). The number of hydrogen-bond acceptors (Lipinski definition) is 2. The fraction of sp³-hybridized carbons (Fsp3) is 0.444. The van der Waals surface area contributed by atoms with Crippen LogP contribution < -0.4 is 5.32 Å². The van der Waals surface area contributed by atoms with Gasteiger partial charge in [-0.05, 0) is 43.4 Å². The second kappa shape index (κ2) is 6.77. The van der Waals surface area contributed by atoms with Crippen LogP contribution in [-0.4, -0.2) is 23.3 Å². The van der Waals surface area contributed by atoms with E-state index >= 15 is 0 Å². The summed E-state index contributed by atoms with van der Waals surface area (Å²) in [6.45, 7) is 1.47. The topological polar surface area (TPSA) is 49.4 Å². The molecule has 116 valence electrons. The molecule has 1 aliphatic carbocycles. The number of benzene rings is 1. The zero-order valence-electron chi connectivity index (χ0n) is 12.8. The highest BCUT2D eigenvalue weighted by molar-refractivity contribution is 5.92. The predicted octanol–water partition coefficient (Wildman–Crippen LogP) is 3.10. The molecule has 2 amide bonds. The van der Waals surface area contributed by atoms with Crippen LogP contribution in [0.1, 0.15) is 37.7 Å². The molecule has 22 heavy (non-hydrogen) atoms. The van der Waals surface area contributed by atoms with Crippen LogP contribution in [0.5, 0.6) is 0 Å². The first-order valence-corrected chi connectivity index (χ1v) is 8.05. The standard InChI is InChI=1S/C18H22N2O2/c21-17-10-5-11-20(17)13-14-6-4-9-16(12-14)19-18(22)15-7-2-1-3-8-15/h1-2,4,6,9,12,15H,3,5,7-8,10-11,13H2,(H,19,22). The normalized spacial score (nSPS) is 21.2. The molecule has 4 nitrogen and oxygen atoms in total. The van der Waals surface area contributed by atoms with Crippen LogP contribution in [0.25, 0.3) is 0 Å². The van der Waals surface area contributed by atoms with Crippen molar-refractivity contribution in [1.82, 2.24) is 4.90 Å². The monoisotopic (exact) mass is 298 g/mol. The molecule has 0 radical (unpaired) electrons. The van der Waals surface area contributed by atoms with E-state index in [1.165, 1.54) is 0 Å². The number of carbonyl (C=O) groups is 2. The van der Waals surface area contributed by atoms with Gasteiger partial charge in [0.25, 0.3) is 0 Å². The van der Waals surface area contributed by atoms with E-state index in [-0.39, 0.29) is 17.7 Å². The maximum absolute atomic E-state index is 12.3. The van der Waals surface area contributed by atoms with Crippen molar-refractivity contribution in [2.45, 2.75) is 38.6 Å². The molecule has 1 heterocycles. The highest BCUT2D eigenvalue weighted by atomic mass is 16.2. The minimum Gasteiger partial charge on any atom is -0.338 e. The Morgan fingerprint density at radius 2 is 2.23 bits per heavy atom. The zero-order chi connectivity index (χ0) is 15.4. The van der Waals surface area contributed by atoms with Gasteiger partial charge in [0.1, 0.15) is 0 Å². The Kier molecular flexibility index (Phi) is 4.56. The molecule has 1 atom stereocenters. The number of hydrogen-bond donors (Lipinski definition) is 1. The molecule has 1 aromatic rings. The van der Waals surface area contributed by atoms with Crippen LogP contribution >= 0.6 is 0 Å². The molecular weight excluding hydrogens is 276 g/mol. The number of nitrogens with zero attached hydrogens (tertiary/aromatic N) is 1. The van der Waals surface area contributed by atoms with Gasteiger partial charge in [0.2, 0.25) is 11.8 Å². The van der Waals surface area contributed by atoms with E-state index in [9.17, 15) is 9.59 Å². The molecule has 1 aliphatic heterocycles. The number of allylic oxidation sites excluding steroid dienone is 2. The number of likely N-dealkylation sites (tertiary alicyclic amines) is 1. The SMILES string of the molecule is O=C(Nc1cccc(CN2CCCC2=O)c1)C1CC=CCC1. The lowest BCUT2D eigenvalue weighted by Gasteiger charge is -2.18. The van der Waals surface area contributed by atoms with E-state index in [0.717, 1.165) is 43.5 Å². The lowest BCUT2D eigenvalue weighted by Crippen LogP contribution is -2.25. The van der Waals surface area contributed by atoms with Gasteiger partial charge in [0.15, 0.2) is 0 Å². The summed E-state index contributed by atoms with van der Waals surface area (Å²) >= 11 is 0. The molecule has 0 bridgehead atoms. The highest BCUT2D eigenvalue weighted by Gasteiger charge is 2.21. The summed E-state index contributed by atoms with van der Waals surface area (Å²) in [4.78, 5) is 25.8. The van der Waals surface area contributed by atoms with Crippen molar-refractivity contribution >= 4 is 17.5 Å². The number of amides is 2. The van der Waals surface area contributed by atoms with Crippen LogP contribution in [0.15, 0.2) is 36.4 Å². The zero-order valence-corrected chi connectivity index (χ0v) is 12.8. The summed E-state index contributed by atoms with van der Waals surface area (Å²) in [6.07, 6.45) is 8.56. The molecule has 0 saturated carbocycles. The molecule has 0 aromatic heterocycles. The quantitative estimate of drug-likeness (QED) is 0.868. The van der Waals surface area contributed by atoms with Crippen LogP contribution in [0, 0.1) is 5.92 Å². The van der Waals surface area contributed by atoms with E-state index in [2.05, 4.69) is 17.5 Å². The summed E-state index contributed by atoms with van der Waals surface area (Å²) in [6, 6.07) is 7.82. The highest BCUT2D eigenvalue weighted by Crippen LogP contribution is 2.21. The van der Waals surface area contributed by atoms with Gasteiger partial charge in [-0.15, -0.1) is 0 Å². The summed E-state index contributed by atoms with van der Waals surface area (Å²) in [5, 5.41) is 3.01. The van der Waals surface area contributed by atoms with Gasteiger partial charge in [-0.2, -0.15) is 0 Å². The summed E-state index contributed by atoms with van der Waals surface area (Å²) in [5.41, 5.74) is 1.89. The Balaban J connectivity index is 1.62. The van der Waals surface area contributed by atoms with E-state index < -0.39 is 0 Å². The van der Waals surface area contributed by atoms with Crippen LogP contribution in [0.4, 0.5) is 5.69 Å². The van der Waals surface area contributed by atoms with E-state index in [0.29, 0.717) is 13.0 Å². The summed E-state index contributed by atoms with van der Waals surface area (Å²) in [5.74, 6) is 0.399. The number of anilines is 1. The number of rotatable bonds is 4. The van der Waals surface area contributed by atoms with Crippen molar-refractivity contribution < 1.29 is 9.59 Å². The first-order valence-electron chi connectivity index (χ1n) is 8.05. The average molecular weight is 298 g/mol. The van der Waals surface area contributed by atoms with Gasteiger partial charge in [0, 0.05) is 31.1 Å². The summed E-state index contributed by atoms with van der Waals surface area (Å²) in [7, 11) is 0. The van der Waals surface area contributed by atoms with Gasteiger partial charge in [-0.3, -0.25) is 9.59 Å². The van der Waals surface area contributed by atoms with Gasteiger partial charge in [-0.25, -0.2) is 0 Å². The second-order valence-electron chi connectivity index (χ2n) is 6.09. The van der Waals surface area contributed by atoms with E-state index in [4.69, 9.17) is 0 Å². The van der Waals surface area contributed by atoms with Gasteiger partial charge in [0.05, 0.1) is 0 Å². The van der Waals surface area contributed by atoms with Crippen molar-refractivity contribution in [3.05, 3.63) is 42.0 Å². The Hall–Kier alpha value is -2.10. The van der Waals surface area contributed by atoms with Crippen molar-refractivity contribution in [2.75, 3.05) is 11.9 Å². The van der Waals surface area contributed by atoms with Gasteiger partial charge >= 0.3 is 0 Å². The molecule has 1 aromatic carbocycles. The Labute approximate surface area is 131 Å². The van der Waals surface area contributed by atoms with Crippen LogP contribution in [0.3, 0.4) is 0 Å². The molecule has 0 spiro atoms. The van der Waals surface area contributed by atoms with Gasteiger partial charge < -0.3 is 10.2 Å². The van der Waals surface area contributed by atoms with E-state index in [1.807, 2.05) is 29.2 Å². The smallest absolute Gasteiger partial charge is 0.227 e. The molecule has 1 N–H and O–H groups in total. The minimum atomic E-state index is 0.0776. The average Bonchev–Trinajstić information content (AvgIpc) is 2.94. The van der Waals surface area contributed by atoms with Crippen molar-refractivity contribution in [3.8, 4) is 0 Å². The number of carbonyl (C=O) groups excluding carboxylic acids is 2. The van der Waals surface area contributed by atoms with Crippen LogP contribution in [0.2, 0.25) is 0 Å². The maximum atomic E-state index is 12.3. The Morgan fingerprint density at radius 3 is 2.95 bits per heavy atom. The van der Waals surface area contributed by atoms with Crippen molar-refractivity contribution in [1.29, 1.82) is 0 Å². The molecule has 1 saturated heterocycles. The van der Waals surface area contributed by atoms with Gasteiger partial charge in [-0.1, -0.05) is 24.3 Å². The first-order chi connectivity index (χ1) is 10.7. The molecular formula is C18H22N2O2. The molecule has 2 aliphatic rings. The van der Waals surface area contributed by atoms with Crippen molar-refractivity contribution in [3.63, 3.8) is 0 Å². The third-order valence-corrected chi connectivity index (χ3v) is 4.38. The molecule has 1 fully saturated rings. The fourth-order valence-corrected chi connectivity index (χ4v) is 3.12. The molecule has 4 heteroatoms. The minimum absolute atomic E-state index is 0.0776. The summed E-state index contributed by atoms with van der Waals surface area (Å²) < 4.78 is 0. The number of nitrogens with one attached hydrogen (secondary N) is 1. The lowest BCUT2D eigenvalue weighted by atomic mass is 9.93. The first kappa shape index (κ1) is 14.8. The maximum Gasteiger partial charge on any atom is 0.227 e. The van der Waals surface area contributed by atoms with E-state index in [1.54, 1.807) is 0 Å². The predicted molar refractivity (Wildman–Crippen MR) is 86.2 cm³/mol. The fourth-order valence-electron chi connectivity index (χ4n) is 3.12. The largest absolute Gasteiger partial charge is 0.338 e. The third kappa shape index (κ3) is 3.56. The Bertz CT molecular complexity index is 595. The van der Waals surface area contributed by atoms with Crippen LogP contribution in [-0.2, 0) is 16.1 Å². The van der Waals surface area contributed by atoms with Crippen molar-refractivity contribution in [2.24, 2.45) is 5.92 Å². The Morgan fingerprint density at radius 1 is 1.32 bits per heavy atom. The molecule has 1 unspecified atom stereocenters.